The highest BCUT2D eigenvalue weighted by molar-refractivity contribution is 5.70. The normalized spacial score (nSPS) is 10.6. The van der Waals surface area contributed by atoms with E-state index in [0.29, 0.717) is 5.56 Å². The molecule has 0 heterocycles. The number of carboxylic acids is 1. The van der Waals surface area contributed by atoms with Crippen molar-refractivity contribution in [3.8, 4) is 17.2 Å². The van der Waals surface area contributed by atoms with Gasteiger partial charge >= 0.3 is 5.97 Å². The molecule has 2 N–H and O–H groups in total. The van der Waals surface area contributed by atoms with Crippen molar-refractivity contribution in [3.05, 3.63) is 53.6 Å². The summed E-state index contributed by atoms with van der Waals surface area (Å²) in [6, 6.07) is 9.59. The van der Waals surface area contributed by atoms with Gasteiger partial charge in [0.05, 0.1) is 12.0 Å². The van der Waals surface area contributed by atoms with Gasteiger partial charge in [-0.2, -0.15) is 0 Å². The number of ether oxygens (including phenoxy) is 1. The Morgan fingerprint density at radius 2 is 1.95 bits per heavy atom. The van der Waals surface area contributed by atoms with Gasteiger partial charge in [-0.1, -0.05) is 12.1 Å². The van der Waals surface area contributed by atoms with E-state index in [9.17, 15) is 18.7 Å². The largest absolute Gasteiger partial charge is 0.508 e. The average Bonchev–Trinajstić information content (AvgIpc) is 2.40. The number of hydrogen-bond acceptors (Lipinski definition) is 3. The van der Waals surface area contributed by atoms with E-state index in [2.05, 4.69) is 0 Å². The number of phenols is 1. The molecule has 0 fully saturated rings. The summed E-state index contributed by atoms with van der Waals surface area (Å²) in [5, 5.41) is 18.0. The van der Waals surface area contributed by atoms with Gasteiger partial charge < -0.3 is 14.9 Å². The molecule has 0 unspecified atom stereocenters. The van der Waals surface area contributed by atoms with Gasteiger partial charge in [0.1, 0.15) is 17.2 Å². The molecule has 2 rings (SSSR count). The lowest BCUT2D eigenvalue weighted by molar-refractivity contribution is -0.136. The number of alkyl halides is 2. The molecule has 0 spiro atoms. The summed E-state index contributed by atoms with van der Waals surface area (Å²) in [6.45, 7) is 0. The van der Waals surface area contributed by atoms with Crippen molar-refractivity contribution in [2.24, 2.45) is 0 Å². The maximum atomic E-state index is 12.9. The molecule has 0 aromatic heterocycles. The van der Waals surface area contributed by atoms with Crippen LogP contribution in [0.3, 0.4) is 0 Å². The molecule has 110 valence electrons. The van der Waals surface area contributed by atoms with E-state index >= 15 is 0 Å². The van der Waals surface area contributed by atoms with Gasteiger partial charge in [-0.15, -0.1) is 0 Å². The Labute approximate surface area is 119 Å². The molecule has 6 heteroatoms. The first-order valence-corrected chi connectivity index (χ1v) is 6.05. The second kappa shape index (κ2) is 6.21. The van der Waals surface area contributed by atoms with Gasteiger partial charge in [-0.3, -0.25) is 4.79 Å². The standard InChI is InChI=1S/C15H12F2O4/c16-15(17)12-8-10(18)4-5-13(12)21-11-3-1-2-9(6-11)7-14(19)20/h1-6,8,15,18H,7H2,(H,19,20). The summed E-state index contributed by atoms with van der Waals surface area (Å²) in [5.74, 6) is -1.11. The second-order valence-corrected chi connectivity index (χ2v) is 4.34. The molecule has 0 amide bonds. The minimum absolute atomic E-state index is 0.0877. The lowest BCUT2D eigenvalue weighted by Gasteiger charge is -2.11. The van der Waals surface area contributed by atoms with Crippen LogP contribution in [0.4, 0.5) is 8.78 Å². The Kier molecular flexibility index (Phi) is 4.37. The highest BCUT2D eigenvalue weighted by Crippen LogP contribution is 2.34. The van der Waals surface area contributed by atoms with E-state index in [-0.39, 0.29) is 23.7 Å². The van der Waals surface area contributed by atoms with E-state index in [1.807, 2.05) is 0 Å². The van der Waals surface area contributed by atoms with Crippen LogP contribution in [0.1, 0.15) is 17.6 Å². The summed E-state index contributed by atoms with van der Waals surface area (Å²) >= 11 is 0. The number of carboxylic acid groups (broad SMARTS) is 1. The highest BCUT2D eigenvalue weighted by Gasteiger charge is 2.16. The smallest absolute Gasteiger partial charge is 0.307 e. The fourth-order valence-corrected chi connectivity index (χ4v) is 1.82. The fourth-order valence-electron chi connectivity index (χ4n) is 1.82. The predicted molar refractivity (Wildman–Crippen MR) is 70.9 cm³/mol. The van der Waals surface area contributed by atoms with Gasteiger partial charge in [-0.25, -0.2) is 8.78 Å². The molecule has 0 aliphatic heterocycles. The average molecular weight is 294 g/mol. The van der Waals surface area contributed by atoms with Crippen LogP contribution in [0, 0.1) is 0 Å². The molecule has 0 atom stereocenters. The van der Waals surface area contributed by atoms with Crippen LogP contribution in [-0.2, 0) is 11.2 Å². The van der Waals surface area contributed by atoms with Crippen LogP contribution in [0.15, 0.2) is 42.5 Å². The maximum Gasteiger partial charge on any atom is 0.307 e. The third kappa shape index (κ3) is 3.92. The number of aliphatic carboxylic acids is 1. The molecule has 2 aromatic carbocycles. The molecule has 4 nitrogen and oxygen atoms in total. The Morgan fingerprint density at radius 3 is 2.62 bits per heavy atom. The third-order valence-corrected chi connectivity index (χ3v) is 2.71. The van der Waals surface area contributed by atoms with Gasteiger partial charge in [0.2, 0.25) is 0 Å². The molecule has 0 aliphatic carbocycles. The van der Waals surface area contributed by atoms with Crippen molar-refractivity contribution >= 4 is 5.97 Å². The van der Waals surface area contributed by atoms with Crippen LogP contribution >= 0.6 is 0 Å². The topological polar surface area (TPSA) is 66.8 Å². The van der Waals surface area contributed by atoms with Crippen LogP contribution in [0.2, 0.25) is 0 Å². The van der Waals surface area contributed by atoms with Crippen molar-refractivity contribution in [3.63, 3.8) is 0 Å². The zero-order chi connectivity index (χ0) is 15.4. The monoisotopic (exact) mass is 294 g/mol. The summed E-state index contributed by atoms with van der Waals surface area (Å²) in [6.07, 6.45) is -2.98. The molecule has 21 heavy (non-hydrogen) atoms. The second-order valence-electron chi connectivity index (χ2n) is 4.34. The number of carbonyl (C=O) groups is 1. The summed E-state index contributed by atoms with van der Waals surface area (Å²) in [7, 11) is 0. The number of phenolic OH excluding ortho intramolecular Hbond substituents is 1. The third-order valence-electron chi connectivity index (χ3n) is 2.71. The Bertz CT molecular complexity index is 656. The van der Waals surface area contributed by atoms with Gasteiger partial charge in [0.15, 0.2) is 0 Å². The first-order chi connectivity index (χ1) is 9.95. The minimum Gasteiger partial charge on any atom is -0.508 e. The molecule has 0 aliphatic rings. The first-order valence-electron chi connectivity index (χ1n) is 6.05. The van der Waals surface area contributed by atoms with E-state index in [1.54, 1.807) is 12.1 Å². The van der Waals surface area contributed by atoms with Gasteiger partial charge in [0, 0.05) is 0 Å². The predicted octanol–water partition coefficient (Wildman–Crippen LogP) is 3.75. The van der Waals surface area contributed by atoms with Crippen molar-refractivity contribution in [1.29, 1.82) is 0 Å². The first kappa shape index (κ1) is 14.8. The molecule has 0 saturated carbocycles. The van der Waals surface area contributed by atoms with E-state index in [0.717, 1.165) is 6.07 Å². The van der Waals surface area contributed by atoms with Gasteiger partial charge in [0.25, 0.3) is 6.43 Å². The summed E-state index contributed by atoms with van der Waals surface area (Å²) in [5.41, 5.74) is 0.0658. The van der Waals surface area contributed by atoms with Crippen molar-refractivity contribution in [2.45, 2.75) is 12.8 Å². The molecule has 0 radical (unpaired) electrons. The summed E-state index contributed by atoms with van der Waals surface area (Å²) < 4.78 is 31.1. The Balaban J connectivity index is 2.28. The lowest BCUT2D eigenvalue weighted by Crippen LogP contribution is -2.00. The van der Waals surface area contributed by atoms with Gasteiger partial charge in [-0.05, 0) is 35.9 Å². The van der Waals surface area contributed by atoms with E-state index in [1.165, 1.54) is 24.3 Å². The summed E-state index contributed by atoms with van der Waals surface area (Å²) in [4.78, 5) is 10.7. The number of hydrogen-bond donors (Lipinski definition) is 2. The number of aromatic hydroxyl groups is 1. The van der Waals surface area contributed by atoms with Crippen LogP contribution < -0.4 is 4.74 Å². The Morgan fingerprint density at radius 1 is 1.19 bits per heavy atom. The van der Waals surface area contributed by atoms with E-state index < -0.39 is 18.0 Å². The highest BCUT2D eigenvalue weighted by atomic mass is 19.3. The minimum atomic E-state index is -2.80. The van der Waals surface area contributed by atoms with Crippen molar-refractivity contribution in [1.82, 2.24) is 0 Å². The number of benzene rings is 2. The van der Waals surface area contributed by atoms with Crippen molar-refractivity contribution < 1.29 is 28.5 Å². The Hall–Kier alpha value is -2.63. The molecular formula is C15H12F2O4. The molecule has 0 saturated heterocycles. The number of halogens is 2. The maximum absolute atomic E-state index is 12.9. The fraction of sp³-hybridized carbons (Fsp3) is 0.133. The van der Waals surface area contributed by atoms with Crippen LogP contribution in [-0.4, -0.2) is 16.2 Å². The molecule has 0 bridgehead atoms. The zero-order valence-electron chi connectivity index (χ0n) is 10.8. The zero-order valence-corrected chi connectivity index (χ0v) is 10.8. The van der Waals surface area contributed by atoms with E-state index in [4.69, 9.17) is 9.84 Å². The molecular weight excluding hydrogens is 282 g/mol. The molecule has 2 aromatic rings. The van der Waals surface area contributed by atoms with Crippen molar-refractivity contribution in [2.75, 3.05) is 0 Å². The SMILES string of the molecule is O=C(O)Cc1cccc(Oc2ccc(O)cc2C(F)F)c1. The number of rotatable bonds is 5. The van der Waals surface area contributed by atoms with Crippen LogP contribution in [0.25, 0.3) is 0 Å². The quantitative estimate of drug-likeness (QED) is 0.881. The lowest BCUT2D eigenvalue weighted by atomic mass is 10.1. The van der Waals surface area contributed by atoms with Crippen LogP contribution in [0.5, 0.6) is 17.2 Å².